The number of carbonyl (C=O) groups excluding carboxylic acids is 1. The normalized spacial score (nSPS) is 29.8. The van der Waals surface area contributed by atoms with Crippen molar-refractivity contribution < 1.29 is 4.79 Å². The number of hydrogen-bond acceptors (Lipinski definition) is 3. The molecular weight excluding hydrogens is 244 g/mol. The zero-order chi connectivity index (χ0) is 13.2. The molecule has 1 saturated carbocycles. The lowest BCUT2D eigenvalue weighted by molar-refractivity contribution is -0.128. The molecule has 3 nitrogen and oxygen atoms in total. The van der Waals surface area contributed by atoms with Crippen LogP contribution in [0.1, 0.15) is 51.1 Å². The second-order valence-corrected chi connectivity index (χ2v) is 6.39. The fraction of sp³-hybridized carbons (Fsp3) is 0.643. The van der Waals surface area contributed by atoms with Crippen LogP contribution >= 0.6 is 11.3 Å². The Morgan fingerprint density at radius 1 is 1.67 bits per heavy atom. The minimum Gasteiger partial charge on any atom is -0.348 e. The smallest absolute Gasteiger partial charge is 0.240 e. The first-order chi connectivity index (χ1) is 8.51. The summed E-state index contributed by atoms with van der Waals surface area (Å²) < 4.78 is 0. The van der Waals surface area contributed by atoms with Gasteiger partial charge in [-0.25, -0.2) is 0 Å². The van der Waals surface area contributed by atoms with Gasteiger partial charge in [-0.15, -0.1) is 0 Å². The molecule has 1 amide bonds. The Bertz CT molecular complexity index is 404. The number of carbonyl (C=O) groups is 1. The summed E-state index contributed by atoms with van der Waals surface area (Å²) >= 11 is 1.65. The van der Waals surface area contributed by atoms with Gasteiger partial charge in [0.1, 0.15) is 0 Å². The van der Waals surface area contributed by atoms with Crippen LogP contribution in [0.5, 0.6) is 0 Å². The van der Waals surface area contributed by atoms with Crippen molar-refractivity contribution in [2.24, 2.45) is 11.7 Å². The largest absolute Gasteiger partial charge is 0.348 e. The summed E-state index contributed by atoms with van der Waals surface area (Å²) in [5.41, 5.74) is 6.77. The van der Waals surface area contributed by atoms with E-state index in [-0.39, 0.29) is 11.9 Å². The number of hydrogen-bond donors (Lipinski definition) is 2. The zero-order valence-corrected chi connectivity index (χ0v) is 11.9. The fourth-order valence-corrected chi connectivity index (χ4v) is 3.50. The zero-order valence-electron chi connectivity index (χ0n) is 11.1. The van der Waals surface area contributed by atoms with Crippen molar-refractivity contribution in [1.82, 2.24) is 5.32 Å². The van der Waals surface area contributed by atoms with Crippen LogP contribution in [0.2, 0.25) is 0 Å². The van der Waals surface area contributed by atoms with E-state index in [2.05, 4.69) is 17.6 Å². The van der Waals surface area contributed by atoms with Crippen molar-refractivity contribution in [1.29, 1.82) is 0 Å². The topological polar surface area (TPSA) is 55.1 Å². The Morgan fingerprint density at radius 2 is 2.44 bits per heavy atom. The summed E-state index contributed by atoms with van der Waals surface area (Å²) in [5.74, 6) is 0.554. The van der Waals surface area contributed by atoms with Crippen molar-refractivity contribution in [3.8, 4) is 0 Å². The number of amides is 1. The van der Waals surface area contributed by atoms with Crippen LogP contribution in [0.25, 0.3) is 0 Å². The van der Waals surface area contributed by atoms with E-state index in [1.165, 1.54) is 6.42 Å². The van der Waals surface area contributed by atoms with Gasteiger partial charge in [-0.1, -0.05) is 19.8 Å². The third-order valence-electron chi connectivity index (χ3n) is 3.88. The van der Waals surface area contributed by atoms with E-state index in [9.17, 15) is 4.79 Å². The van der Waals surface area contributed by atoms with Crippen molar-refractivity contribution in [2.45, 2.75) is 51.1 Å². The molecule has 3 N–H and O–H groups in total. The molecule has 1 aliphatic carbocycles. The van der Waals surface area contributed by atoms with Gasteiger partial charge >= 0.3 is 0 Å². The Hall–Kier alpha value is -0.870. The molecule has 1 fully saturated rings. The molecule has 1 aromatic rings. The first-order valence-corrected chi connectivity index (χ1v) is 7.57. The van der Waals surface area contributed by atoms with Crippen LogP contribution < -0.4 is 11.1 Å². The van der Waals surface area contributed by atoms with Crippen molar-refractivity contribution in [3.05, 3.63) is 22.4 Å². The van der Waals surface area contributed by atoms with Crippen molar-refractivity contribution >= 4 is 17.2 Å². The minimum atomic E-state index is -0.665. The molecule has 1 aromatic heterocycles. The van der Waals surface area contributed by atoms with Crippen LogP contribution in [-0.4, -0.2) is 11.4 Å². The molecule has 100 valence electrons. The van der Waals surface area contributed by atoms with Crippen LogP contribution in [0, 0.1) is 5.92 Å². The van der Waals surface area contributed by atoms with Crippen LogP contribution in [0.3, 0.4) is 0 Å². The van der Waals surface area contributed by atoms with E-state index in [1.54, 1.807) is 11.3 Å². The van der Waals surface area contributed by atoms with E-state index in [0.29, 0.717) is 5.92 Å². The first-order valence-electron chi connectivity index (χ1n) is 6.63. The van der Waals surface area contributed by atoms with E-state index < -0.39 is 5.54 Å². The van der Waals surface area contributed by atoms with Crippen LogP contribution in [-0.2, 0) is 4.79 Å². The van der Waals surface area contributed by atoms with Gasteiger partial charge < -0.3 is 11.1 Å². The number of nitrogens with one attached hydrogen (secondary N) is 1. The molecule has 0 spiro atoms. The molecule has 4 heteroatoms. The summed E-state index contributed by atoms with van der Waals surface area (Å²) in [4.78, 5) is 12.3. The van der Waals surface area contributed by atoms with Crippen LogP contribution in [0.15, 0.2) is 16.8 Å². The number of thiophene rings is 1. The van der Waals surface area contributed by atoms with Gasteiger partial charge in [-0.3, -0.25) is 4.79 Å². The Morgan fingerprint density at radius 3 is 3.06 bits per heavy atom. The van der Waals surface area contributed by atoms with Gasteiger partial charge in [0.2, 0.25) is 5.91 Å². The summed E-state index contributed by atoms with van der Waals surface area (Å²) in [5, 5.41) is 7.15. The SMILES string of the molecule is CC1CCCC(N)(C(=O)NC(C)c2ccsc2)C1. The molecule has 2 rings (SSSR count). The highest BCUT2D eigenvalue weighted by molar-refractivity contribution is 7.07. The van der Waals surface area contributed by atoms with Gasteiger partial charge in [0.15, 0.2) is 0 Å². The first kappa shape index (κ1) is 13.6. The molecule has 3 unspecified atom stereocenters. The second kappa shape index (κ2) is 5.41. The lowest BCUT2D eigenvalue weighted by atomic mass is 9.76. The predicted molar refractivity (Wildman–Crippen MR) is 75.4 cm³/mol. The van der Waals surface area contributed by atoms with Crippen molar-refractivity contribution in [2.75, 3.05) is 0 Å². The molecule has 0 bridgehead atoms. The number of nitrogens with two attached hydrogens (primary N) is 1. The minimum absolute atomic E-state index is 0.00718. The highest BCUT2D eigenvalue weighted by Gasteiger charge is 2.38. The summed E-state index contributed by atoms with van der Waals surface area (Å²) in [6.07, 6.45) is 3.85. The highest BCUT2D eigenvalue weighted by atomic mass is 32.1. The fourth-order valence-electron chi connectivity index (χ4n) is 2.74. The Kier molecular flexibility index (Phi) is 4.07. The quantitative estimate of drug-likeness (QED) is 0.884. The molecule has 18 heavy (non-hydrogen) atoms. The van der Waals surface area contributed by atoms with Gasteiger partial charge in [0.25, 0.3) is 0 Å². The molecule has 1 heterocycles. The molecule has 0 radical (unpaired) electrons. The predicted octanol–water partition coefficient (Wildman–Crippen LogP) is 2.83. The molecule has 0 saturated heterocycles. The molecule has 1 aliphatic rings. The molecule has 0 aromatic carbocycles. The summed E-state index contributed by atoms with van der Waals surface area (Å²) in [7, 11) is 0. The third-order valence-corrected chi connectivity index (χ3v) is 4.58. The molecule has 0 aliphatic heterocycles. The maximum Gasteiger partial charge on any atom is 0.240 e. The average Bonchev–Trinajstić information content (AvgIpc) is 2.81. The van der Waals surface area contributed by atoms with Crippen molar-refractivity contribution in [3.63, 3.8) is 0 Å². The lowest BCUT2D eigenvalue weighted by Crippen LogP contribution is -2.56. The Labute approximate surface area is 113 Å². The third kappa shape index (κ3) is 2.93. The maximum absolute atomic E-state index is 12.3. The molecule has 3 atom stereocenters. The van der Waals surface area contributed by atoms with Gasteiger partial charge in [0.05, 0.1) is 11.6 Å². The average molecular weight is 266 g/mol. The lowest BCUT2D eigenvalue weighted by Gasteiger charge is -2.36. The van der Waals surface area contributed by atoms with Gasteiger partial charge in [0, 0.05) is 0 Å². The second-order valence-electron chi connectivity index (χ2n) is 5.61. The maximum atomic E-state index is 12.3. The Balaban J connectivity index is 1.98. The standard InChI is InChI=1S/C14H22N2OS/c1-10-4-3-6-14(15,8-10)13(17)16-11(2)12-5-7-18-9-12/h5,7,9-11H,3-4,6,8,15H2,1-2H3,(H,16,17). The number of rotatable bonds is 3. The monoisotopic (exact) mass is 266 g/mol. The van der Waals surface area contributed by atoms with E-state index in [0.717, 1.165) is 24.8 Å². The van der Waals surface area contributed by atoms with Gasteiger partial charge in [-0.2, -0.15) is 11.3 Å². The van der Waals surface area contributed by atoms with Gasteiger partial charge in [-0.05, 0) is 48.1 Å². The summed E-state index contributed by atoms with van der Waals surface area (Å²) in [6.45, 7) is 4.19. The van der Waals surface area contributed by atoms with E-state index in [1.807, 2.05) is 18.4 Å². The van der Waals surface area contributed by atoms with Crippen LogP contribution in [0.4, 0.5) is 0 Å². The van der Waals surface area contributed by atoms with E-state index >= 15 is 0 Å². The summed E-state index contributed by atoms with van der Waals surface area (Å²) in [6, 6.07) is 2.09. The molecular formula is C14H22N2OS. The van der Waals surface area contributed by atoms with E-state index in [4.69, 9.17) is 5.73 Å². The highest BCUT2D eigenvalue weighted by Crippen LogP contribution is 2.31.